The maximum Gasteiger partial charge on any atom is 0.191 e. The van der Waals surface area contributed by atoms with Crippen LogP contribution in [0.4, 0.5) is 0 Å². The lowest BCUT2D eigenvalue weighted by molar-refractivity contribution is 0.0937. The van der Waals surface area contributed by atoms with Gasteiger partial charge in [0.2, 0.25) is 0 Å². The lowest BCUT2D eigenvalue weighted by atomic mass is 10.0. The predicted molar refractivity (Wildman–Crippen MR) is 102 cm³/mol. The summed E-state index contributed by atoms with van der Waals surface area (Å²) in [6.45, 7) is 3.57. The molecule has 0 spiro atoms. The number of ketones is 1. The van der Waals surface area contributed by atoms with E-state index in [2.05, 4.69) is 0 Å². The molecule has 0 heterocycles. The quantitative estimate of drug-likeness (QED) is 0.682. The number of Topliss-reactive ketones (excluding diaryl/α,β-unsaturated/α-hetero) is 1. The predicted octanol–water partition coefficient (Wildman–Crippen LogP) is 3.99. The van der Waals surface area contributed by atoms with Crippen LogP contribution in [0.1, 0.15) is 22.8 Å². The zero-order valence-corrected chi connectivity index (χ0v) is 16.4. The second-order valence-electron chi connectivity index (χ2n) is 5.84. The summed E-state index contributed by atoms with van der Waals surface area (Å²) in [5.41, 5.74) is 1.47. The van der Waals surface area contributed by atoms with Crippen molar-refractivity contribution in [2.45, 2.75) is 23.3 Å². The van der Waals surface area contributed by atoms with E-state index in [4.69, 9.17) is 4.74 Å². The van der Waals surface area contributed by atoms with Crippen molar-refractivity contribution < 1.29 is 17.9 Å². The molecule has 134 valence electrons. The third-order valence-corrected chi connectivity index (χ3v) is 8.24. The van der Waals surface area contributed by atoms with Crippen molar-refractivity contribution in [3.63, 3.8) is 0 Å². The number of carbonyl (C=O) groups is 1. The molecule has 2 unspecified atom stereocenters. The molecule has 6 heteroatoms. The van der Waals surface area contributed by atoms with Crippen LogP contribution in [0.15, 0.2) is 53.4 Å². The second-order valence-corrected chi connectivity index (χ2v) is 9.19. The van der Waals surface area contributed by atoms with E-state index in [0.29, 0.717) is 11.3 Å². The van der Waals surface area contributed by atoms with Crippen molar-refractivity contribution in [1.82, 2.24) is 0 Å². The molecule has 0 radical (unpaired) electrons. The summed E-state index contributed by atoms with van der Waals surface area (Å²) in [6.07, 6.45) is 1.72. The first-order valence-corrected chi connectivity index (χ1v) is 10.7. The average molecular weight is 379 g/mol. The van der Waals surface area contributed by atoms with E-state index in [9.17, 15) is 13.2 Å². The van der Waals surface area contributed by atoms with Crippen molar-refractivity contribution in [3.05, 3.63) is 59.7 Å². The number of hydrogen-bond acceptors (Lipinski definition) is 5. The van der Waals surface area contributed by atoms with Gasteiger partial charge in [0.1, 0.15) is 10.3 Å². The number of thioether (sulfide) groups is 1. The van der Waals surface area contributed by atoms with Crippen LogP contribution >= 0.6 is 11.8 Å². The molecule has 0 saturated carbocycles. The fourth-order valence-electron chi connectivity index (χ4n) is 2.60. The highest BCUT2D eigenvalue weighted by molar-refractivity contribution is 8.13. The molecule has 25 heavy (non-hydrogen) atoms. The maximum absolute atomic E-state index is 13.0. The summed E-state index contributed by atoms with van der Waals surface area (Å²) in [5.74, 6) is -0.217. The van der Waals surface area contributed by atoms with Gasteiger partial charge in [0.05, 0.1) is 12.0 Å². The Morgan fingerprint density at radius 1 is 1.04 bits per heavy atom. The van der Waals surface area contributed by atoms with Crippen LogP contribution in [0.5, 0.6) is 5.75 Å². The standard InChI is InChI=1S/C19H22O4S2/c1-13-5-11-17(12-6-13)25(21,22)19(24-4)14(2)18(20)15-7-9-16(23-3)10-8-15/h5-12,14,19H,1-4H3. The van der Waals surface area contributed by atoms with E-state index in [1.807, 2.05) is 6.92 Å². The third-order valence-electron chi connectivity index (χ3n) is 4.08. The Hall–Kier alpha value is -1.79. The van der Waals surface area contributed by atoms with E-state index in [1.54, 1.807) is 68.8 Å². The number of sulfone groups is 1. The first-order chi connectivity index (χ1) is 11.8. The fraction of sp³-hybridized carbons (Fsp3) is 0.316. The van der Waals surface area contributed by atoms with E-state index < -0.39 is 20.3 Å². The highest BCUT2D eigenvalue weighted by Crippen LogP contribution is 2.31. The molecule has 0 saturated heterocycles. The highest BCUT2D eigenvalue weighted by Gasteiger charge is 2.35. The zero-order valence-electron chi connectivity index (χ0n) is 14.7. The van der Waals surface area contributed by atoms with Gasteiger partial charge >= 0.3 is 0 Å². The average Bonchev–Trinajstić information content (AvgIpc) is 2.61. The molecule has 0 aliphatic heterocycles. The van der Waals surface area contributed by atoms with E-state index in [-0.39, 0.29) is 10.7 Å². The van der Waals surface area contributed by atoms with Crippen molar-refractivity contribution in [2.75, 3.05) is 13.4 Å². The number of rotatable bonds is 7. The van der Waals surface area contributed by atoms with Crippen molar-refractivity contribution in [3.8, 4) is 5.75 Å². The van der Waals surface area contributed by atoms with Gasteiger partial charge in [0, 0.05) is 11.5 Å². The second kappa shape index (κ2) is 8.06. The number of hydrogen-bond donors (Lipinski definition) is 0. The largest absolute Gasteiger partial charge is 0.497 e. The molecule has 4 nitrogen and oxygen atoms in total. The molecule has 2 aromatic rings. The van der Waals surface area contributed by atoms with Crippen LogP contribution in [0.25, 0.3) is 0 Å². The molecule has 2 atom stereocenters. The molecule has 0 N–H and O–H groups in total. The number of aryl methyl sites for hydroxylation is 1. The normalized spacial score (nSPS) is 13.9. The van der Waals surface area contributed by atoms with Gasteiger partial charge in [-0.25, -0.2) is 8.42 Å². The van der Waals surface area contributed by atoms with Gasteiger partial charge in [-0.2, -0.15) is 0 Å². The minimum atomic E-state index is -3.62. The monoisotopic (exact) mass is 378 g/mol. The minimum Gasteiger partial charge on any atom is -0.497 e. The molecule has 0 aliphatic carbocycles. The summed E-state index contributed by atoms with van der Waals surface area (Å²) in [7, 11) is -2.06. The number of methoxy groups -OCH3 is 1. The van der Waals surface area contributed by atoms with Gasteiger partial charge in [0.15, 0.2) is 15.6 Å². The molecular formula is C19H22O4S2. The van der Waals surface area contributed by atoms with Crippen LogP contribution in [0.3, 0.4) is 0 Å². The summed E-state index contributed by atoms with van der Waals surface area (Å²) in [5, 5.41) is 0. The third kappa shape index (κ3) is 4.25. The Morgan fingerprint density at radius 2 is 1.60 bits per heavy atom. The van der Waals surface area contributed by atoms with Crippen molar-refractivity contribution in [2.24, 2.45) is 5.92 Å². The highest BCUT2D eigenvalue weighted by atomic mass is 32.3. The molecule has 0 fully saturated rings. The van der Waals surface area contributed by atoms with Gasteiger partial charge in [-0.05, 0) is 49.6 Å². The van der Waals surface area contributed by atoms with Crippen LogP contribution in [-0.4, -0.2) is 32.1 Å². The Balaban J connectivity index is 2.31. The van der Waals surface area contributed by atoms with Crippen LogP contribution in [-0.2, 0) is 9.84 Å². The molecule has 0 amide bonds. The van der Waals surface area contributed by atoms with Crippen molar-refractivity contribution in [1.29, 1.82) is 0 Å². The van der Waals surface area contributed by atoms with Crippen molar-refractivity contribution >= 4 is 27.4 Å². The summed E-state index contributed by atoms with van der Waals surface area (Å²) < 4.78 is 30.2. The first kappa shape index (κ1) is 19.5. The molecule has 0 aromatic heterocycles. The Kier molecular flexibility index (Phi) is 6.30. The molecular weight excluding hydrogens is 356 g/mol. The van der Waals surface area contributed by atoms with Gasteiger partial charge in [0.25, 0.3) is 0 Å². The van der Waals surface area contributed by atoms with Gasteiger partial charge in [-0.15, -0.1) is 11.8 Å². The number of carbonyl (C=O) groups excluding carboxylic acids is 1. The topological polar surface area (TPSA) is 60.4 Å². The molecule has 0 bridgehead atoms. The van der Waals surface area contributed by atoms with E-state index in [1.165, 1.54) is 11.8 Å². The van der Waals surface area contributed by atoms with Crippen LogP contribution < -0.4 is 4.74 Å². The summed E-state index contributed by atoms with van der Waals surface area (Å²) in [4.78, 5) is 13.0. The van der Waals surface area contributed by atoms with E-state index >= 15 is 0 Å². The SMILES string of the molecule is COc1ccc(C(=O)C(C)C(SC)S(=O)(=O)c2ccc(C)cc2)cc1. The lowest BCUT2D eigenvalue weighted by Gasteiger charge is -2.21. The summed E-state index contributed by atoms with van der Waals surface area (Å²) >= 11 is 1.18. The maximum atomic E-state index is 13.0. The Morgan fingerprint density at radius 3 is 2.08 bits per heavy atom. The van der Waals surface area contributed by atoms with Gasteiger partial charge < -0.3 is 4.74 Å². The Bertz CT molecular complexity index is 825. The van der Waals surface area contributed by atoms with Crippen LogP contribution in [0, 0.1) is 12.8 Å². The summed E-state index contributed by atoms with van der Waals surface area (Å²) in [6, 6.07) is 13.4. The van der Waals surface area contributed by atoms with Crippen LogP contribution in [0.2, 0.25) is 0 Å². The zero-order chi connectivity index (χ0) is 18.6. The fourth-order valence-corrected chi connectivity index (χ4v) is 5.93. The number of ether oxygens (including phenoxy) is 1. The molecule has 2 rings (SSSR count). The van der Waals surface area contributed by atoms with E-state index in [0.717, 1.165) is 5.56 Å². The molecule has 0 aliphatic rings. The van der Waals surface area contributed by atoms with Gasteiger partial charge in [-0.1, -0.05) is 24.6 Å². The smallest absolute Gasteiger partial charge is 0.191 e. The first-order valence-electron chi connectivity index (χ1n) is 7.83. The Labute approximate surface area is 153 Å². The van der Waals surface area contributed by atoms with Gasteiger partial charge in [-0.3, -0.25) is 4.79 Å². The lowest BCUT2D eigenvalue weighted by Crippen LogP contribution is -2.30. The molecule has 2 aromatic carbocycles. The minimum absolute atomic E-state index is 0.197. The number of benzene rings is 2.